The second-order valence-electron chi connectivity index (χ2n) is 3.62. The molecule has 4 nitrogen and oxygen atoms in total. The van der Waals surface area contributed by atoms with Gasteiger partial charge in [0.25, 0.3) is 5.91 Å². The van der Waals surface area contributed by atoms with Gasteiger partial charge < -0.3 is 5.32 Å². The van der Waals surface area contributed by atoms with E-state index >= 15 is 0 Å². The van der Waals surface area contributed by atoms with Crippen molar-refractivity contribution in [3.05, 3.63) is 58.6 Å². The number of carbonyl (C=O) groups is 1. The minimum atomic E-state index is -0.520. The average molecular weight is 276 g/mol. The normalized spacial score (nSPS) is 9.74. The van der Waals surface area contributed by atoms with Gasteiger partial charge in [-0.1, -0.05) is 11.6 Å². The quantitative estimate of drug-likeness (QED) is 0.916. The molecule has 0 aliphatic rings. The SMILES string of the molecule is N#Cc1ccc(NC(=O)c2ccc(F)cn2)c(Cl)c1. The third-order valence-electron chi connectivity index (χ3n) is 2.31. The Morgan fingerprint density at radius 1 is 1.37 bits per heavy atom. The van der Waals surface area contributed by atoms with Gasteiger partial charge in [-0.25, -0.2) is 9.37 Å². The molecule has 19 heavy (non-hydrogen) atoms. The monoisotopic (exact) mass is 275 g/mol. The molecule has 0 atom stereocenters. The van der Waals surface area contributed by atoms with Crippen molar-refractivity contribution in [1.29, 1.82) is 5.26 Å². The van der Waals surface area contributed by atoms with Crippen LogP contribution in [-0.2, 0) is 0 Å². The Morgan fingerprint density at radius 2 is 2.16 bits per heavy atom. The summed E-state index contributed by atoms with van der Waals surface area (Å²) in [5.41, 5.74) is 0.821. The maximum absolute atomic E-state index is 12.7. The summed E-state index contributed by atoms with van der Waals surface area (Å²) < 4.78 is 12.7. The first kappa shape index (κ1) is 13.0. The van der Waals surface area contributed by atoms with Gasteiger partial charge >= 0.3 is 0 Å². The predicted octanol–water partition coefficient (Wildman–Crippen LogP) is 3.00. The first-order chi connectivity index (χ1) is 9.10. The number of aromatic nitrogens is 1. The third-order valence-corrected chi connectivity index (χ3v) is 2.62. The van der Waals surface area contributed by atoms with Gasteiger partial charge in [0.1, 0.15) is 11.5 Å². The summed E-state index contributed by atoms with van der Waals surface area (Å²) in [5, 5.41) is 11.5. The number of halogens is 2. The van der Waals surface area contributed by atoms with E-state index < -0.39 is 11.7 Å². The molecule has 0 radical (unpaired) electrons. The van der Waals surface area contributed by atoms with Gasteiger partial charge in [-0.3, -0.25) is 4.79 Å². The van der Waals surface area contributed by atoms with Gasteiger partial charge in [-0.05, 0) is 30.3 Å². The third kappa shape index (κ3) is 3.06. The second-order valence-corrected chi connectivity index (χ2v) is 4.03. The van der Waals surface area contributed by atoms with Crippen LogP contribution in [0.2, 0.25) is 5.02 Å². The number of nitrogens with one attached hydrogen (secondary N) is 1. The molecule has 0 aliphatic heterocycles. The Balaban J connectivity index is 2.20. The van der Waals surface area contributed by atoms with Crippen LogP contribution in [0, 0.1) is 17.1 Å². The van der Waals surface area contributed by atoms with E-state index in [2.05, 4.69) is 10.3 Å². The molecule has 2 rings (SSSR count). The van der Waals surface area contributed by atoms with Crippen LogP contribution in [0.3, 0.4) is 0 Å². The van der Waals surface area contributed by atoms with Gasteiger partial charge in [-0.15, -0.1) is 0 Å². The van der Waals surface area contributed by atoms with Gasteiger partial charge in [0.05, 0.1) is 28.5 Å². The molecule has 0 saturated carbocycles. The van der Waals surface area contributed by atoms with Crippen molar-refractivity contribution in [3.8, 4) is 6.07 Å². The predicted molar refractivity (Wildman–Crippen MR) is 68.3 cm³/mol. The molecule has 0 saturated heterocycles. The van der Waals surface area contributed by atoms with E-state index in [-0.39, 0.29) is 10.7 Å². The zero-order valence-corrected chi connectivity index (χ0v) is 10.3. The zero-order valence-electron chi connectivity index (χ0n) is 9.52. The van der Waals surface area contributed by atoms with Gasteiger partial charge in [-0.2, -0.15) is 5.26 Å². The van der Waals surface area contributed by atoms with Crippen LogP contribution in [0.4, 0.5) is 10.1 Å². The summed E-state index contributed by atoms with van der Waals surface area (Å²) in [5.74, 6) is -1.03. The summed E-state index contributed by atoms with van der Waals surface area (Å²) in [4.78, 5) is 15.5. The fourth-order valence-corrected chi connectivity index (χ4v) is 1.61. The van der Waals surface area contributed by atoms with Crippen molar-refractivity contribution in [3.63, 3.8) is 0 Å². The van der Waals surface area contributed by atoms with E-state index in [0.29, 0.717) is 11.3 Å². The topological polar surface area (TPSA) is 65.8 Å². The molecule has 2 aromatic rings. The molecule has 0 unspecified atom stereocenters. The lowest BCUT2D eigenvalue weighted by Crippen LogP contribution is -2.13. The lowest BCUT2D eigenvalue weighted by atomic mass is 10.2. The largest absolute Gasteiger partial charge is 0.319 e. The smallest absolute Gasteiger partial charge is 0.274 e. The highest BCUT2D eigenvalue weighted by atomic mass is 35.5. The number of benzene rings is 1. The van der Waals surface area contributed by atoms with Gasteiger partial charge in [0.2, 0.25) is 0 Å². The van der Waals surface area contributed by atoms with E-state index in [1.54, 1.807) is 0 Å². The van der Waals surface area contributed by atoms with Crippen molar-refractivity contribution in [1.82, 2.24) is 4.98 Å². The van der Waals surface area contributed by atoms with Crippen LogP contribution >= 0.6 is 11.6 Å². The van der Waals surface area contributed by atoms with E-state index in [1.807, 2.05) is 6.07 Å². The van der Waals surface area contributed by atoms with E-state index in [9.17, 15) is 9.18 Å². The molecule has 1 N–H and O–H groups in total. The first-order valence-corrected chi connectivity index (χ1v) is 5.60. The van der Waals surface area contributed by atoms with Crippen molar-refractivity contribution >= 4 is 23.2 Å². The Labute approximate surface area is 113 Å². The van der Waals surface area contributed by atoms with Crippen molar-refractivity contribution in [2.75, 3.05) is 5.32 Å². The van der Waals surface area contributed by atoms with Crippen molar-refractivity contribution in [2.45, 2.75) is 0 Å². The number of amides is 1. The minimum Gasteiger partial charge on any atom is -0.319 e. The Morgan fingerprint density at radius 3 is 2.74 bits per heavy atom. The van der Waals surface area contributed by atoms with E-state index in [0.717, 1.165) is 12.3 Å². The summed E-state index contributed by atoms with van der Waals surface area (Å²) >= 11 is 5.92. The molecule has 1 amide bonds. The standard InChI is InChI=1S/C13H7ClFN3O/c14-10-5-8(6-16)1-3-11(10)18-13(19)12-4-2-9(15)7-17-12/h1-5,7H,(H,18,19). The highest BCUT2D eigenvalue weighted by molar-refractivity contribution is 6.34. The molecule has 94 valence electrons. The number of anilines is 1. The highest BCUT2D eigenvalue weighted by Gasteiger charge is 2.10. The molecular formula is C13H7ClFN3O. The number of nitrogens with zero attached hydrogens (tertiary/aromatic N) is 2. The Hall–Kier alpha value is -2.45. The minimum absolute atomic E-state index is 0.0711. The molecule has 1 heterocycles. The van der Waals surface area contributed by atoms with E-state index in [4.69, 9.17) is 16.9 Å². The van der Waals surface area contributed by atoms with E-state index in [1.165, 1.54) is 24.3 Å². The number of nitriles is 1. The molecule has 1 aromatic heterocycles. The molecule has 6 heteroatoms. The fourth-order valence-electron chi connectivity index (χ4n) is 1.38. The van der Waals surface area contributed by atoms with Gasteiger partial charge in [0, 0.05) is 0 Å². The lowest BCUT2D eigenvalue weighted by molar-refractivity contribution is 0.102. The summed E-state index contributed by atoms with van der Waals surface area (Å²) in [7, 11) is 0. The summed E-state index contributed by atoms with van der Waals surface area (Å²) in [6.07, 6.45) is 0.954. The number of pyridine rings is 1. The zero-order chi connectivity index (χ0) is 13.8. The maximum Gasteiger partial charge on any atom is 0.274 e. The van der Waals surface area contributed by atoms with Crippen LogP contribution in [-0.4, -0.2) is 10.9 Å². The molecule has 0 aliphatic carbocycles. The fraction of sp³-hybridized carbons (Fsp3) is 0. The van der Waals surface area contributed by atoms with Crippen molar-refractivity contribution < 1.29 is 9.18 Å². The summed E-state index contributed by atoms with van der Waals surface area (Å²) in [6, 6.07) is 8.83. The van der Waals surface area contributed by atoms with Gasteiger partial charge in [0.15, 0.2) is 0 Å². The molecule has 0 bridgehead atoms. The second kappa shape index (κ2) is 5.46. The van der Waals surface area contributed by atoms with Crippen LogP contribution in [0.15, 0.2) is 36.5 Å². The van der Waals surface area contributed by atoms with Crippen LogP contribution in [0.25, 0.3) is 0 Å². The molecule has 0 fully saturated rings. The Kier molecular flexibility index (Phi) is 3.74. The molecule has 0 spiro atoms. The number of hydrogen-bond acceptors (Lipinski definition) is 3. The average Bonchev–Trinajstić information content (AvgIpc) is 2.41. The van der Waals surface area contributed by atoms with Crippen LogP contribution in [0.5, 0.6) is 0 Å². The first-order valence-electron chi connectivity index (χ1n) is 5.22. The Bertz CT molecular complexity index is 665. The van der Waals surface area contributed by atoms with Crippen LogP contribution < -0.4 is 5.32 Å². The molecule has 1 aromatic carbocycles. The lowest BCUT2D eigenvalue weighted by Gasteiger charge is -2.06. The van der Waals surface area contributed by atoms with Crippen molar-refractivity contribution in [2.24, 2.45) is 0 Å². The molecular weight excluding hydrogens is 269 g/mol. The number of hydrogen-bond donors (Lipinski definition) is 1. The number of rotatable bonds is 2. The summed E-state index contributed by atoms with van der Waals surface area (Å²) in [6.45, 7) is 0. The van der Waals surface area contributed by atoms with Crippen LogP contribution in [0.1, 0.15) is 16.1 Å². The highest BCUT2D eigenvalue weighted by Crippen LogP contribution is 2.23. The maximum atomic E-state index is 12.7. The number of carbonyl (C=O) groups excluding carboxylic acids is 1.